The van der Waals surface area contributed by atoms with Crippen LogP contribution in [-0.2, 0) is 18.0 Å². The van der Waals surface area contributed by atoms with Gasteiger partial charge in [-0.3, -0.25) is 4.52 Å². The Morgan fingerprint density at radius 2 is 1.20 bits per heavy atom. The third kappa shape index (κ3) is 10.1. The monoisotopic (exact) mass is 332 g/mol. The average molecular weight is 332 g/mol. The zero-order valence-corrected chi connectivity index (χ0v) is 12.6. The summed E-state index contributed by atoms with van der Waals surface area (Å²) in [5.41, 5.74) is 0. The second-order valence-corrected chi connectivity index (χ2v) is 7.60. The van der Waals surface area contributed by atoms with Gasteiger partial charge in [0.2, 0.25) is 0 Å². The van der Waals surface area contributed by atoms with Gasteiger partial charge in [0.15, 0.2) is 0 Å². The zero-order chi connectivity index (χ0) is 14.4. The molecule has 1 saturated carbocycles. The molecule has 7 nitrogen and oxygen atoms in total. The molecule has 1 aliphatic carbocycles. The molecule has 3 N–H and O–H groups in total. The minimum Gasteiger partial charge on any atom is -0.302 e. The van der Waals surface area contributed by atoms with Crippen LogP contribution in [0.15, 0.2) is 0 Å². The summed E-state index contributed by atoms with van der Waals surface area (Å²) in [5.74, 6) is 0. The molecular formula is C11H26O7P2. The molecule has 0 bridgehead atoms. The molecule has 0 saturated heterocycles. The zero-order valence-electron chi connectivity index (χ0n) is 10.8. The Morgan fingerprint density at radius 1 is 0.800 bits per heavy atom. The van der Waals surface area contributed by atoms with Crippen molar-refractivity contribution in [3.05, 3.63) is 0 Å². The van der Waals surface area contributed by atoms with E-state index in [1.54, 1.807) is 0 Å². The Kier molecular flexibility index (Phi) is 9.43. The van der Waals surface area contributed by atoms with Gasteiger partial charge in [0.05, 0.1) is 6.10 Å². The van der Waals surface area contributed by atoms with Crippen LogP contribution in [0.2, 0.25) is 0 Å². The van der Waals surface area contributed by atoms with Gasteiger partial charge in [-0.2, -0.15) is 4.31 Å². The van der Waals surface area contributed by atoms with E-state index in [0.717, 1.165) is 38.5 Å². The maximum atomic E-state index is 11.5. The molecule has 20 heavy (non-hydrogen) atoms. The Bertz CT molecular complexity index is 345. The largest absolute Gasteiger partial charge is 0.481 e. The number of phosphoric ester groups is 1. The van der Waals surface area contributed by atoms with Crippen LogP contribution in [0.3, 0.4) is 0 Å². The van der Waals surface area contributed by atoms with E-state index in [9.17, 15) is 14.0 Å². The predicted molar refractivity (Wildman–Crippen MR) is 76.1 cm³/mol. The first-order valence-corrected chi connectivity index (χ1v) is 9.59. The summed E-state index contributed by atoms with van der Waals surface area (Å²) in [6.45, 7) is 0. The van der Waals surface area contributed by atoms with Crippen molar-refractivity contribution in [2.75, 3.05) is 0 Å². The lowest BCUT2D eigenvalue weighted by Gasteiger charge is -2.21. The first kappa shape index (κ1) is 20.3. The van der Waals surface area contributed by atoms with Crippen LogP contribution in [0.1, 0.15) is 65.2 Å². The summed E-state index contributed by atoms with van der Waals surface area (Å²) < 4.78 is 30.7. The number of phosphoric acid groups is 2. The quantitative estimate of drug-likeness (QED) is 0.672. The van der Waals surface area contributed by atoms with Crippen molar-refractivity contribution in [3.8, 4) is 0 Å². The van der Waals surface area contributed by atoms with Gasteiger partial charge in [0, 0.05) is 0 Å². The van der Waals surface area contributed by atoms with E-state index in [2.05, 4.69) is 4.31 Å². The summed E-state index contributed by atoms with van der Waals surface area (Å²) in [4.78, 5) is 26.4. The van der Waals surface area contributed by atoms with Crippen LogP contribution in [0, 0.1) is 0 Å². The first-order valence-electron chi connectivity index (χ1n) is 6.57. The smallest absolute Gasteiger partial charge is 0.302 e. The predicted octanol–water partition coefficient (Wildman–Crippen LogP) is 3.74. The van der Waals surface area contributed by atoms with Crippen molar-refractivity contribution in [2.24, 2.45) is 0 Å². The molecule has 1 aliphatic rings. The summed E-state index contributed by atoms with van der Waals surface area (Å²) in [6, 6.07) is 0. The van der Waals surface area contributed by atoms with Gasteiger partial charge in [-0.15, -0.1) is 0 Å². The SMILES string of the molecule is C.O=P(O)(O)OP(=O)(O)OC1CCCCCCCCC1. The van der Waals surface area contributed by atoms with Crippen molar-refractivity contribution >= 4 is 15.6 Å². The lowest BCUT2D eigenvalue weighted by molar-refractivity contribution is 0.110. The van der Waals surface area contributed by atoms with Crippen molar-refractivity contribution in [3.63, 3.8) is 0 Å². The minimum absolute atomic E-state index is 0. The summed E-state index contributed by atoms with van der Waals surface area (Å²) in [6.07, 6.45) is 8.05. The van der Waals surface area contributed by atoms with E-state index >= 15 is 0 Å². The van der Waals surface area contributed by atoms with Gasteiger partial charge in [-0.1, -0.05) is 52.4 Å². The van der Waals surface area contributed by atoms with Crippen molar-refractivity contribution in [1.82, 2.24) is 0 Å². The fourth-order valence-electron chi connectivity index (χ4n) is 2.22. The van der Waals surface area contributed by atoms with E-state index in [1.807, 2.05) is 0 Å². The minimum atomic E-state index is -5.03. The third-order valence-electron chi connectivity index (χ3n) is 3.04. The Labute approximate surface area is 120 Å². The van der Waals surface area contributed by atoms with Gasteiger partial charge in [0.25, 0.3) is 0 Å². The fraction of sp³-hybridized carbons (Fsp3) is 1.00. The van der Waals surface area contributed by atoms with Gasteiger partial charge in [-0.05, 0) is 12.8 Å². The average Bonchev–Trinajstić information content (AvgIpc) is 2.23. The van der Waals surface area contributed by atoms with E-state index in [1.165, 1.54) is 6.42 Å². The third-order valence-corrected chi connectivity index (χ3v) is 5.28. The van der Waals surface area contributed by atoms with E-state index < -0.39 is 21.7 Å². The van der Waals surface area contributed by atoms with Crippen LogP contribution in [0.4, 0.5) is 0 Å². The van der Waals surface area contributed by atoms with Gasteiger partial charge in [0.1, 0.15) is 0 Å². The first-order chi connectivity index (χ1) is 8.79. The van der Waals surface area contributed by atoms with E-state index in [-0.39, 0.29) is 7.43 Å². The summed E-state index contributed by atoms with van der Waals surface area (Å²) in [5, 5.41) is 0. The highest BCUT2D eigenvalue weighted by molar-refractivity contribution is 7.60. The van der Waals surface area contributed by atoms with E-state index in [4.69, 9.17) is 14.3 Å². The molecule has 1 unspecified atom stereocenters. The van der Waals surface area contributed by atoms with Crippen molar-refractivity contribution in [1.29, 1.82) is 0 Å². The molecule has 1 fully saturated rings. The highest BCUT2D eigenvalue weighted by Crippen LogP contribution is 2.58. The molecule has 0 aliphatic heterocycles. The fourth-order valence-corrected chi connectivity index (χ4v) is 4.04. The standard InChI is InChI=1S/C10H22O7P2.CH4/c11-18(12,13)17-19(14,15)16-10-8-6-4-2-1-3-5-7-9-10;/h10H,1-9H2,(H,14,15)(H2,11,12,13);1H4. The Morgan fingerprint density at radius 3 is 1.60 bits per heavy atom. The van der Waals surface area contributed by atoms with Crippen molar-refractivity contribution < 1.29 is 32.6 Å². The van der Waals surface area contributed by atoms with Crippen LogP contribution in [0.25, 0.3) is 0 Å². The maximum Gasteiger partial charge on any atom is 0.481 e. The van der Waals surface area contributed by atoms with Crippen LogP contribution >= 0.6 is 15.6 Å². The molecule has 0 aromatic rings. The summed E-state index contributed by atoms with van der Waals surface area (Å²) in [7, 11) is -9.73. The Hall–Kier alpha value is 0.260. The highest BCUT2D eigenvalue weighted by Gasteiger charge is 2.34. The lowest BCUT2D eigenvalue weighted by Crippen LogP contribution is -2.13. The van der Waals surface area contributed by atoms with Crippen LogP contribution in [-0.4, -0.2) is 20.8 Å². The van der Waals surface area contributed by atoms with Crippen LogP contribution in [0.5, 0.6) is 0 Å². The Balaban J connectivity index is 0.00000361. The molecule has 1 atom stereocenters. The van der Waals surface area contributed by atoms with Gasteiger partial charge < -0.3 is 14.7 Å². The molecule has 0 aromatic heterocycles. The molecule has 122 valence electrons. The molecule has 1 rings (SSSR count). The lowest BCUT2D eigenvalue weighted by atomic mass is 9.99. The van der Waals surface area contributed by atoms with Gasteiger partial charge >= 0.3 is 15.6 Å². The molecule has 0 amide bonds. The topological polar surface area (TPSA) is 113 Å². The van der Waals surface area contributed by atoms with Crippen LogP contribution < -0.4 is 0 Å². The summed E-state index contributed by atoms with van der Waals surface area (Å²) >= 11 is 0. The highest BCUT2D eigenvalue weighted by atomic mass is 31.3. The van der Waals surface area contributed by atoms with E-state index in [0.29, 0.717) is 12.8 Å². The van der Waals surface area contributed by atoms with Gasteiger partial charge in [-0.25, -0.2) is 9.13 Å². The maximum absolute atomic E-state index is 11.5. The number of rotatable bonds is 4. The second-order valence-electron chi connectivity index (χ2n) is 4.82. The molecular weight excluding hydrogens is 306 g/mol. The normalized spacial score (nSPS) is 22.6. The molecule has 0 radical (unpaired) electrons. The number of hydrogen-bond acceptors (Lipinski definition) is 4. The number of hydrogen-bond donors (Lipinski definition) is 3. The molecule has 0 aromatic carbocycles. The molecule has 0 heterocycles. The second kappa shape index (κ2) is 9.31. The molecule has 0 spiro atoms. The van der Waals surface area contributed by atoms with Crippen molar-refractivity contribution in [2.45, 2.75) is 71.3 Å². The molecule has 9 heteroatoms.